The first-order valence-corrected chi connectivity index (χ1v) is 8.30. The van der Waals surface area contributed by atoms with E-state index in [2.05, 4.69) is 36.5 Å². The van der Waals surface area contributed by atoms with Gasteiger partial charge in [0.15, 0.2) is 0 Å². The summed E-state index contributed by atoms with van der Waals surface area (Å²) >= 11 is 0. The maximum Gasteiger partial charge on any atom is 0.0721 e. The second-order valence-corrected chi connectivity index (χ2v) is 6.35. The first-order chi connectivity index (χ1) is 9.88. The van der Waals surface area contributed by atoms with E-state index in [9.17, 15) is 0 Å². The van der Waals surface area contributed by atoms with E-state index >= 15 is 0 Å². The summed E-state index contributed by atoms with van der Waals surface area (Å²) in [6.45, 7) is 3.91. The van der Waals surface area contributed by atoms with Crippen LogP contribution in [0.25, 0.3) is 0 Å². The largest absolute Gasteiger partial charge is 0.375 e. The monoisotopic (exact) mass is 273 g/mol. The van der Waals surface area contributed by atoms with Gasteiger partial charge in [0.1, 0.15) is 0 Å². The number of hydrogen-bond donors (Lipinski definition) is 1. The average Bonchev–Trinajstić information content (AvgIpc) is 2.53. The molecule has 2 aliphatic rings. The van der Waals surface area contributed by atoms with Crippen LogP contribution in [-0.2, 0) is 11.3 Å². The maximum atomic E-state index is 5.78. The summed E-state index contributed by atoms with van der Waals surface area (Å²) in [4.78, 5) is 0. The smallest absolute Gasteiger partial charge is 0.0721 e. The lowest BCUT2D eigenvalue weighted by molar-refractivity contribution is 0.0730. The van der Waals surface area contributed by atoms with E-state index in [0.717, 1.165) is 19.1 Å². The van der Waals surface area contributed by atoms with E-state index in [4.69, 9.17) is 4.74 Å². The van der Waals surface area contributed by atoms with Crippen LogP contribution in [0.1, 0.15) is 62.6 Å². The van der Waals surface area contributed by atoms with Crippen LogP contribution in [0.3, 0.4) is 0 Å². The fourth-order valence-electron chi connectivity index (χ4n) is 3.90. The van der Waals surface area contributed by atoms with Gasteiger partial charge >= 0.3 is 0 Å². The van der Waals surface area contributed by atoms with Crippen LogP contribution in [0, 0.1) is 5.92 Å². The fourth-order valence-corrected chi connectivity index (χ4v) is 3.90. The quantitative estimate of drug-likeness (QED) is 0.887. The highest BCUT2D eigenvalue weighted by molar-refractivity contribution is 5.31. The SMILES string of the molecule is CCC(NC1COCc2ccccc21)C1CCCCC1. The molecule has 2 atom stereocenters. The van der Waals surface area contributed by atoms with Crippen molar-refractivity contribution < 1.29 is 4.74 Å². The van der Waals surface area contributed by atoms with E-state index in [0.29, 0.717) is 12.1 Å². The maximum absolute atomic E-state index is 5.78. The standard InChI is InChI=1S/C18H27NO/c1-2-17(14-8-4-3-5-9-14)19-18-13-20-12-15-10-6-7-11-16(15)18/h6-7,10-11,14,17-19H,2-5,8-9,12-13H2,1H3. The van der Waals surface area contributed by atoms with Gasteiger partial charge in [-0.05, 0) is 36.3 Å². The molecule has 1 aromatic rings. The fraction of sp³-hybridized carbons (Fsp3) is 0.667. The van der Waals surface area contributed by atoms with Crippen molar-refractivity contribution >= 4 is 0 Å². The Labute approximate surface area is 122 Å². The Morgan fingerprint density at radius 2 is 2.00 bits per heavy atom. The van der Waals surface area contributed by atoms with Crippen molar-refractivity contribution in [1.82, 2.24) is 5.32 Å². The van der Waals surface area contributed by atoms with Crippen LogP contribution < -0.4 is 5.32 Å². The first kappa shape index (κ1) is 14.1. The zero-order chi connectivity index (χ0) is 13.8. The van der Waals surface area contributed by atoms with Crippen molar-refractivity contribution in [2.45, 2.75) is 64.1 Å². The number of rotatable bonds is 4. The second-order valence-electron chi connectivity index (χ2n) is 6.35. The van der Waals surface area contributed by atoms with Crippen molar-refractivity contribution in [3.05, 3.63) is 35.4 Å². The summed E-state index contributed by atoms with van der Waals surface area (Å²) in [5.41, 5.74) is 2.81. The van der Waals surface area contributed by atoms with E-state index in [-0.39, 0.29) is 0 Å². The Balaban J connectivity index is 1.70. The second kappa shape index (κ2) is 6.73. The molecule has 1 aromatic carbocycles. The molecule has 1 heterocycles. The molecule has 2 heteroatoms. The minimum atomic E-state index is 0.381. The topological polar surface area (TPSA) is 21.3 Å². The molecule has 0 bridgehead atoms. The summed E-state index contributed by atoms with van der Waals surface area (Å²) in [6, 6.07) is 9.76. The number of ether oxygens (including phenoxy) is 1. The van der Waals surface area contributed by atoms with Gasteiger partial charge < -0.3 is 10.1 Å². The Morgan fingerprint density at radius 3 is 2.80 bits per heavy atom. The van der Waals surface area contributed by atoms with Crippen LogP contribution in [-0.4, -0.2) is 12.6 Å². The number of hydrogen-bond acceptors (Lipinski definition) is 2. The van der Waals surface area contributed by atoms with Crippen LogP contribution in [0.5, 0.6) is 0 Å². The van der Waals surface area contributed by atoms with Crippen molar-refractivity contribution in [2.75, 3.05) is 6.61 Å². The normalized spacial score (nSPS) is 25.1. The molecule has 0 saturated heterocycles. The van der Waals surface area contributed by atoms with E-state index in [1.165, 1.54) is 49.7 Å². The van der Waals surface area contributed by atoms with E-state index in [1.807, 2.05) is 0 Å². The zero-order valence-corrected chi connectivity index (χ0v) is 12.6. The first-order valence-electron chi connectivity index (χ1n) is 8.30. The van der Waals surface area contributed by atoms with Gasteiger partial charge in [0.2, 0.25) is 0 Å². The van der Waals surface area contributed by atoms with Gasteiger partial charge in [0, 0.05) is 6.04 Å². The number of fused-ring (bicyclic) bond motifs is 1. The van der Waals surface area contributed by atoms with Gasteiger partial charge in [-0.25, -0.2) is 0 Å². The summed E-state index contributed by atoms with van der Waals surface area (Å²) in [7, 11) is 0. The Kier molecular flexibility index (Phi) is 4.74. The van der Waals surface area contributed by atoms with Crippen LogP contribution in [0.15, 0.2) is 24.3 Å². The lowest BCUT2D eigenvalue weighted by atomic mass is 9.82. The minimum absolute atomic E-state index is 0.381. The third-order valence-electron chi connectivity index (χ3n) is 5.05. The molecule has 1 fully saturated rings. The molecule has 0 aromatic heterocycles. The van der Waals surface area contributed by atoms with Crippen molar-refractivity contribution in [3.8, 4) is 0 Å². The van der Waals surface area contributed by atoms with E-state index in [1.54, 1.807) is 0 Å². The molecular weight excluding hydrogens is 246 g/mol. The predicted molar refractivity (Wildman–Crippen MR) is 82.6 cm³/mol. The van der Waals surface area contributed by atoms with Gasteiger partial charge in [-0.3, -0.25) is 0 Å². The molecule has 2 unspecified atom stereocenters. The van der Waals surface area contributed by atoms with Gasteiger partial charge in [-0.2, -0.15) is 0 Å². The minimum Gasteiger partial charge on any atom is -0.375 e. The molecule has 0 amide bonds. The molecule has 0 spiro atoms. The predicted octanol–water partition coefficient (Wildman–Crippen LogP) is 4.21. The molecule has 3 rings (SSSR count). The van der Waals surface area contributed by atoms with Crippen LogP contribution in [0.2, 0.25) is 0 Å². The molecule has 1 aliphatic heterocycles. The summed E-state index contributed by atoms with van der Waals surface area (Å²) in [6.07, 6.45) is 8.30. The number of benzene rings is 1. The summed E-state index contributed by atoms with van der Waals surface area (Å²) < 4.78 is 5.78. The Hall–Kier alpha value is -0.860. The molecular formula is C18H27NO. The van der Waals surface area contributed by atoms with Crippen molar-refractivity contribution in [2.24, 2.45) is 5.92 Å². The van der Waals surface area contributed by atoms with Crippen molar-refractivity contribution in [1.29, 1.82) is 0 Å². The third kappa shape index (κ3) is 3.07. The highest BCUT2D eigenvalue weighted by Gasteiger charge is 2.27. The molecule has 2 nitrogen and oxygen atoms in total. The Morgan fingerprint density at radius 1 is 1.20 bits per heavy atom. The number of nitrogens with one attached hydrogen (secondary N) is 1. The molecule has 0 radical (unpaired) electrons. The van der Waals surface area contributed by atoms with Gasteiger partial charge in [-0.15, -0.1) is 0 Å². The van der Waals surface area contributed by atoms with Gasteiger partial charge in [0.25, 0.3) is 0 Å². The molecule has 110 valence electrons. The van der Waals surface area contributed by atoms with E-state index < -0.39 is 0 Å². The van der Waals surface area contributed by atoms with Crippen LogP contribution >= 0.6 is 0 Å². The lowest BCUT2D eigenvalue weighted by Crippen LogP contribution is -2.42. The summed E-state index contributed by atoms with van der Waals surface area (Å²) in [5, 5.41) is 3.91. The molecule has 1 saturated carbocycles. The molecule has 1 aliphatic carbocycles. The molecule has 20 heavy (non-hydrogen) atoms. The van der Waals surface area contributed by atoms with Crippen molar-refractivity contribution in [3.63, 3.8) is 0 Å². The van der Waals surface area contributed by atoms with Gasteiger partial charge in [-0.1, -0.05) is 50.5 Å². The molecule has 1 N–H and O–H groups in total. The Bertz CT molecular complexity index is 425. The average molecular weight is 273 g/mol. The highest BCUT2D eigenvalue weighted by atomic mass is 16.5. The third-order valence-corrected chi connectivity index (χ3v) is 5.05. The van der Waals surface area contributed by atoms with Gasteiger partial charge in [0.05, 0.1) is 19.3 Å². The highest BCUT2D eigenvalue weighted by Crippen LogP contribution is 2.31. The zero-order valence-electron chi connectivity index (χ0n) is 12.6. The summed E-state index contributed by atoms with van der Waals surface area (Å²) in [5.74, 6) is 0.864. The lowest BCUT2D eigenvalue weighted by Gasteiger charge is -2.35. The van der Waals surface area contributed by atoms with Crippen LogP contribution in [0.4, 0.5) is 0 Å².